The first-order valence-corrected chi connectivity index (χ1v) is 7.53. The number of nitrogens with one attached hydrogen (secondary N) is 2. The molecule has 0 aliphatic heterocycles. The van der Waals surface area contributed by atoms with E-state index in [2.05, 4.69) is 10.6 Å². The van der Waals surface area contributed by atoms with Gasteiger partial charge in [0.2, 0.25) is 0 Å². The Labute approximate surface area is 144 Å². The molecule has 2 amide bonds. The van der Waals surface area contributed by atoms with Crippen molar-refractivity contribution in [2.75, 3.05) is 11.9 Å². The summed E-state index contributed by atoms with van der Waals surface area (Å²) in [6.45, 7) is 0.950. The SMILES string of the molecule is C[C@H](NC(=O)Nc1ccccc1)C(=O)OCC(=O)c1ccc(F)cc1. The zero-order valence-electron chi connectivity index (χ0n) is 13.5. The van der Waals surface area contributed by atoms with Crippen molar-refractivity contribution < 1.29 is 23.5 Å². The Hall–Kier alpha value is -3.22. The van der Waals surface area contributed by atoms with E-state index in [1.807, 2.05) is 0 Å². The highest BCUT2D eigenvalue weighted by molar-refractivity contribution is 5.98. The number of carbonyl (C=O) groups is 3. The smallest absolute Gasteiger partial charge is 0.328 e. The van der Waals surface area contributed by atoms with Gasteiger partial charge in [0, 0.05) is 11.3 Å². The first-order valence-electron chi connectivity index (χ1n) is 7.53. The number of rotatable bonds is 6. The third-order valence-electron chi connectivity index (χ3n) is 3.24. The molecular weight excluding hydrogens is 327 g/mol. The van der Waals surface area contributed by atoms with Crippen LogP contribution in [0.4, 0.5) is 14.9 Å². The molecule has 0 heterocycles. The van der Waals surface area contributed by atoms with Gasteiger partial charge in [0.25, 0.3) is 0 Å². The molecule has 0 fully saturated rings. The van der Waals surface area contributed by atoms with Crippen molar-refractivity contribution in [3.63, 3.8) is 0 Å². The molecule has 25 heavy (non-hydrogen) atoms. The third-order valence-corrected chi connectivity index (χ3v) is 3.24. The maximum Gasteiger partial charge on any atom is 0.328 e. The lowest BCUT2D eigenvalue weighted by Crippen LogP contribution is -2.42. The molecule has 0 unspecified atom stereocenters. The van der Waals surface area contributed by atoms with Crippen LogP contribution in [0.5, 0.6) is 0 Å². The van der Waals surface area contributed by atoms with E-state index in [1.165, 1.54) is 19.1 Å². The fraction of sp³-hybridized carbons (Fsp3) is 0.167. The minimum absolute atomic E-state index is 0.233. The zero-order chi connectivity index (χ0) is 18.2. The van der Waals surface area contributed by atoms with Crippen molar-refractivity contribution in [1.29, 1.82) is 0 Å². The van der Waals surface area contributed by atoms with Crippen molar-refractivity contribution in [2.24, 2.45) is 0 Å². The number of halogens is 1. The molecule has 2 rings (SSSR count). The fourth-order valence-electron chi connectivity index (χ4n) is 1.93. The molecule has 6 nitrogen and oxygen atoms in total. The highest BCUT2D eigenvalue weighted by Gasteiger charge is 2.18. The van der Waals surface area contributed by atoms with Crippen LogP contribution in [-0.4, -0.2) is 30.4 Å². The Morgan fingerprint density at radius 2 is 1.68 bits per heavy atom. The lowest BCUT2D eigenvalue weighted by atomic mass is 10.1. The average molecular weight is 344 g/mol. The minimum atomic E-state index is -0.940. The van der Waals surface area contributed by atoms with E-state index in [1.54, 1.807) is 30.3 Å². The second-order valence-electron chi connectivity index (χ2n) is 5.22. The normalized spacial score (nSPS) is 11.3. The van der Waals surface area contributed by atoms with Gasteiger partial charge in [-0.2, -0.15) is 0 Å². The summed E-state index contributed by atoms with van der Waals surface area (Å²) in [5, 5.41) is 4.98. The number of carbonyl (C=O) groups excluding carboxylic acids is 3. The second-order valence-corrected chi connectivity index (χ2v) is 5.22. The van der Waals surface area contributed by atoms with E-state index in [-0.39, 0.29) is 5.56 Å². The van der Waals surface area contributed by atoms with Gasteiger partial charge in [0.05, 0.1) is 0 Å². The predicted molar refractivity (Wildman–Crippen MR) is 89.7 cm³/mol. The Morgan fingerprint density at radius 3 is 2.32 bits per heavy atom. The van der Waals surface area contributed by atoms with Gasteiger partial charge in [-0.15, -0.1) is 0 Å². The van der Waals surface area contributed by atoms with Crippen LogP contribution in [0.3, 0.4) is 0 Å². The van der Waals surface area contributed by atoms with Crippen molar-refractivity contribution >= 4 is 23.5 Å². The van der Waals surface area contributed by atoms with Gasteiger partial charge in [-0.25, -0.2) is 14.0 Å². The van der Waals surface area contributed by atoms with Gasteiger partial charge >= 0.3 is 12.0 Å². The minimum Gasteiger partial charge on any atom is -0.456 e. The molecule has 0 spiro atoms. The van der Waals surface area contributed by atoms with Gasteiger partial charge in [0.1, 0.15) is 11.9 Å². The number of esters is 1. The van der Waals surface area contributed by atoms with Crippen LogP contribution in [-0.2, 0) is 9.53 Å². The number of anilines is 1. The van der Waals surface area contributed by atoms with E-state index in [0.29, 0.717) is 5.69 Å². The van der Waals surface area contributed by atoms with Crippen molar-refractivity contribution in [3.8, 4) is 0 Å². The Morgan fingerprint density at radius 1 is 1.04 bits per heavy atom. The first kappa shape index (κ1) is 18.1. The van der Waals surface area contributed by atoms with E-state index >= 15 is 0 Å². The quantitative estimate of drug-likeness (QED) is 0.623. The molecule has 0 saturated heterocycles. The molecule has 1 atom stereocenters. The summed E-state index contributed by atoms with van der Waals surface area (Å²) >= 11 is 0. The van der Waals surface area contributed by atoms with Crippen molar-refractivity contribution in [2.45, 2.75) is 13.0 Å². The van der Waals surface area contributed by atoms with Crippen LogP contribution >= 0.6 is 0 Å². The fourth-order valence-corrected chi connectivity index (χ4v) is 1.93. The molecule has 7 heteroatoms. The van der Waals surface area contributed by atoms with E-state index in [0.717, 1.165) is 12.1 Å². The van der Waals surface area contributed by atoms with Gasteiger partial charge in [-0.1, -0.05) is 18.2 Å². The number of para-hydroxylation sites is 1. The molecule has 0 radical (unpaired) electrons. The molecule has 0 aliphatic carbocycles. The number of amides is 2. The van der Waals surface area contributed by atoms with Gasteiger partial charge in [-0.05, 0) is 43.3 Å². The lowest BCUT2D eigenvalue weighted by molar-refractivity contribution is -0.144. The molecular formula is C18H17FN2O4. The summed E-state index contributed by atoms with van der Waals surface area (Å²) in [5.41, 5.74) is 0.809. The Balaban J connectivity index is 1.78. The van der Waals surface area contributed by atoms with Crippen molar-refractivity contribution in [1.82, 2.24) is 5.32 Å². The Kier molecular flexibility index (Phi) is 6.22. The lowest BCUT2D eigenvalue weighted by Gasteiger charge is -2.14. The summed E-state index contributed by atoms with van der Waals surface area (Å²) in [7, 11) is 0. The van der Waals surface area contributed by atoms with E-state index in [4.69, 9.17) is 4.74 Å². The summed E-state index contributed by atoms with van der Waals surface area (Å²) in [5.74, 6) is -1.68. The number of benzene rings is 2. The largest absolute Gasteiger partial charge is 0.456 e. The van der Waals surface area contributed by atoms with Crippen LogP contribution in [0, 0.1) is 5.82 Å². The van der Waals surface area contributed by atoms with E-state index < -0.39 is 36.2 Å². The Bertz CT molecular complexity index is 747. The summed E-state index contributed by atoms with van der Waals surface area (Å²) in [4.78, 5) is 35.5. The molecule has 130 valence electrons. The van der Waals surface area contributed by atoms with Gasteiger partial charge < -0.3 is 15.4 Å². The highest BCUT2D eigenvalue weighted by atomic mass is 19.1. The number of ether oxygens (including phenoxy) is 1. The maximum atomic E-state index is 12.8. The number of ketones is 1. The maximum absolute atomic E-state index is 12.8. The van der Waals surface area contributed by atoms with Crippen LogP contribution in [0.1, 0.15) is 17.3 Å². The van der Waals surface area contributed by atoms with Crippen LogP contribution in [0.2, 0.25) is 0 Å². The second kappa shape index (κ2) is 8.58. The molecule has 0 aromatic heterocycles. The third kappa shape index (κ3) is 5.72. The monoisotopic (exact) mass is 344 g/mol. The molecule has 0 bridgehead atoms. The predicted octanol–water partition coefficient (Wildman–Crippen LogP) is 2.76. The molecule has 0 saturated carbocycles. The number of urea groups is 1. The summed E-state index contributed by atoms with van der Waals surface area (Å²) in [6, 6.07) is 12.1. The van der Waals surface area contributed by atoms with Crippen molar-refractivity contribution in [3.05, 3.63) is 66.0 Å². The van der Waals surface area contributed by atoms with E-state index in [9.17, 15) is 18.8 Å². The molecule has 2 aromatic rings. The van der Waals surface area contributed by atoms with Crippen LogP contribution in [0.15, 0.2) is 54.6 Å². The number of hydrogen-bond acceptors (Lipinski definition) is 4. The zero-order valence-corrected chi connectivity index (χ0v) is 13.5. The van der Waals surface area contributed by atoms with Crippen LogP contribution in [0.25, 0.3) is 0 Å². The average Bonchev–Trinajstić information content (AvgIpc) is 2.60. The highest BCUT2D eigenvalue weighted by Crippen LogP contribution is 2.06. The van der Waals surface area contributed by atoms with Gasteiger partial charge in [-0.3, -0.25) is 4.79 Å². The number of Topliss-reactive ketones (excluding diaryl/α,β-unsaturated/α-hetero) is 1. The first-order chi connectivity index (χ1) is 12.0. The standard InChI is InChI=1S/C18H17FN2O4/c1-12(20-18(24)21-15-5-3-2-4-6-15)17(23)25-11-16(22)13-7-9-14(19)10-8-13/h2-10,12H,11H2,1H3,(H2,20,21,24)/t12-/m0/s1. The van der Waals surface area contributed by atoms with Gasteiger partial charge in [0.15, 0.2) is 12.4 Å². The molecule has 2 N–H and O–H groups in total. The summed E-state index contributed by atoms with van der Waals surface area (Å²) in [6.07, 6.45) is 0. The number of hydrogen-bond donors (Lipinski definition) is 2. The summed E-state index contributed by atoms with van der Waals surface area (Å²) < 4.78 is 17.7. The molecule has 0 aliphatic rings. The topological polar surface area (TPSA) is 84.5 Å². The van der Waals surface area contributed by atoms with Crippen LogP contribution < -0.4 is 10.6 Å². The molecule has 2 aromatic carbocycles.